The molecule has 162 valence electrons. The van der Waals surface area contributed by atoms with Crippen LogP contribution in [0.5, 0.6) is 0 Å². The fourth-order valence-corrected chi connectivity index (χ4v) is 5.12. The number of thioether (sulfide) groups is 1. The molecular weight excluding hydrogens is 438 g/mol. The van der Waals surface area contributed by atoms with Gasteiger partial charge in [-0.05, 0) is 68.3 Å². The van der Waals surface area contributed by atoms with Gasteiger partial charge in [0.25, 0.3) is 5.91 Å². The van der Waals surface area contributed by atoms with E-state index in [1.807, 2.05) is 75.4 Å². The summed E-state index contributed by atoms with van der Waals surface area (Å²) in [6.45, 7) is 5.80. The molecule has 4 aromatic rings. The van der Waals surface area contributed by atoms with Crippen molar-refractivity contribution in [2.75, 3.05) is 10.6 Å². The molecule has 1 heterocycles. The molecule has 3 aromatic carbocycles. The minimum absolute atomic E-state index is 0.111. The number of thiazole rings is 1. The van der Waals surface area contributed by atoms with Crippen LogP contribution < -0.4 is 10.6 Å². The summed E-state index contributed by atoms with van der Waals surface area (Å²) in [5.41, 5.74) is 4.30. The zero-order chi connectivity index (χ0) is 22.7. The van der Waals surface area contributed by atoms with Crippen molar-refractivity contribution in [2.24, 2.45) is 0 Å². The lowest BCUT2D eigenvalue weighted by atomic mass is 10.1. The van der Waals surface area contributed by atoms with Crippen molar-refractivity contribution < 1.29 is 9.59 Å². The number of benzene rings is 3. The molecule has 7 heteroatoms. The van der Waals surface area contributed by atoms with Crippen molar-refractivity contribution in [3.63, 3.8) is 0 Å². The number of aryl methyl sites for hydroxylation is 2. The smallest absolute Gasteiger partial charge is 0.255 e. The monoisotopic (exact) mass is 461 g/mol. The summed E-state index contributed by atoms with van der Waals surface area (Å²) in [7, 11) is 0. The average molecular weight is 462 g/mol. The van der Waals surface area contributed by atoms with E-state index in [1.54, 1.807) is 6.07 Å². The van der Waals surface area contributed by atoms with E-state index in [0.29, 0.717) is 16.4 Å². The number of hydrogen-bond acceptors (Lipinski definition) is 5. The quantitative estimate of drug-likeness (QED) is 0.331. The molecule has 1 aromatic heterocycles. The zero-order valence-electron chi connectivity index (χ0n) is 18.0. The van der Waals surface area contributed by atoms with Crippen LogP contribution >= 0.6 is 23.1 Å². The van der Waals surface area contributed by atoms with Gasteiger partial charge < -0.3 is 10.6 Å². The van der Waals surface area contributed by atoms with Gasteiger partial charge in [0.05, 0.1) is 15.5 Å². The van der Waals surface area contributed by atoms with Crippen molar-refractivity contribution >= 4 is 55.9 Å². The van der Waals surface area contributed by atoms with Crippen LogP contribution in [0, 0.1) is 13.8 Å². The molecule has 0 bridgehead atoms. The molecule has 2 N–H and O–H groups in total. The summed E-state index contributed by atoms with van der Waals surface area (Å²) in [5, 5.41) is 6.13. The molecule has 0 radical (unpaired) electrons. The highest BCUT2D eigenvalue weighted by Gasteiger charge is 2.17. The van der Waals surface area contributed by atoms with E-state index in [9.17, 15) is 9.59 Å². The summed E-state index contributed by atoms with van der Waals surface area (Å²) in [6, 6.07) is 21.0. The highest BCUT2D eigenvalue weighted by atomic mass is 32.2. The molecule has 0 aliphatic rings. The molecule has 1 atom stereocenters. The van der Waals surface area contributed by atoms with Gasteiger partial charge in [0.2, 0.25) is 5.91 Å². The molecule has 5 nitrogen and oxygen atoms in total. The van der Waals surface area contributed by atoms with Gasteiger partial charge in [0, 0.05) is 16.1 Å². The Morgan fingerprint density at radius 1 is 0.969 bits per heavy atom. The van der Waals surface area contributed by atoms with Crippen molar-refractivity contribution in [1.29, 1.82) is 0 Å². The second-order valence-corrected chi connectivity index (χ2v) is 9.98. The number of aromatic nitrogens is 1. The molecule has 0 aliphatic carbocycles. The van der Waals surface area contributed by atoms with E-state index in [2.05, 4.69) is 21.7 Å². The highest BCUT2D eigenvalue weighted by molar-refractivity contribution is 8.00. The van der Waals surface area contributed by atoms with Crippen LogP contribution in [0.15, 0.2) is 71.6 Å². The van der Waals surface area contributed by atoms with Crippen LogP contribution in [0.1, 0.15) is 28.4 Å². The summed E-state index contributed by atoms with van der Waals surface area (Å²) < 4.78 is 1.05. The summed E-state index contributed by atoms with van der Waals surface area (Å²) in [5.74, 6) is -0.262. The molecule has 0 saturated carbocycles. The maximum Gasteiger partial charge on any atom is 0.255 e. The van der Waals surface area contributed by atoms with Gasteiger partial charge in [-0.2, -0.15) is 0 Å². The van der Waals surface area contributed by atoms with E-state index in [-0.39, 0.29) is 17.1 Å². The molecule has 0 spiro atoms. The van der Waals surface area contributed by atoms with E-state index in [4.69, 9.17) is 0 Å². The molecule has 2 amide bonds. The summed E-state index contributed by atoms with van der Waals surface area (Å²) in [6.07, 6.45) is 0. The summed E-state index contributed by atoms with van der Waals surface area (Å²) in [4.78, 5) is 30.7. The van der Waals surface area contributed by atoms with Crippen LogP contribution in [0.2, 0.25) is 0 Å². The van der Waals surface area contributed by atoms with Crippen molar-refractivity contribution in [3.05, 3.63) is 83.4 Å². The van der Waals surface area contributed by atoms with Crippen LogP contribution in [-0.4, -0.2) is 22.0 Å². The molecule has 0 fully saturated rings. The van der Waals surface area contributed by atoms with Gasteiger partial charge in [-0.25, -0.2) is 4.98 Å². The van der Waals surface area contributed by atoms with Crippen molar-refractivity contribution in [1.82, 2.24) is 4.98 Å². The Morgan fingerprint density at radius 2 is 1.78 bits per heavy atom. The van der Waals surface area contributed by atoms with Crippen LogP contribution in [-0.2, 0) is 4.79 Å². The number of nitrogens with one attached hydrogen (secondary N) is 2. The average Bonchev–Trinajstić information content (AvgIpc) is 3.15. The number of anilines is 2. The number of nitrogens with zero attached hydrogens (tertiary/aromatic N) is 1. The Kier molecular flexibility index (Phi) is 6.58. The van der Waals surface area contributed by atoms with E-state index >= 15 is 0 Å². The third-order valence-corrected chi connectivity index (χ3v) is 6.97. The second kappa shape index (κ2) is 9.54. The summed E-state index contributed by atoms with van der Waals surface area (Å²) >= 11 is 2.91. The number of rotatable bonds is 6. The Bertz CT molecular complexity index is 1300. The topological polar surface area (TPSA) is 71.1 Å². The lowest BCUT2D eigenvalue weighted by Gasteiger charge is -2.12. The third kappa shape index (κ3) is 5.18. The van der Waals surface area contributed by atoms with E-state index < -0.39 is 0 Å². The van der Waals surface area contributed by atoms with Gasteiger partial charge >= 0.3 is 0 Å². The fourth-order valence-electron chi connectivity index (χ4n) is 3.22. The first kappa shape index (κ1) is 22.0. The van der Waals surface area contributed by atoms with Crippen LogP contribution in [0.25, 0.3) is 10.2 Å². The van der Waals surface area contributed by atoms with Crippen molar-refractivity contribution in [3.8, 4) is 0 Å². The lowest BCUT2D eigenvalue weighted by molar-refractivity contribution is -0.115. The molecule has 32 heavy (non-hydrogen) atoms. The normalized spacial score (nSPS) is 11.8. The van der Waals surface area contributed by atoms with Gasteiger partial charge in [0.15, 0.2) is 5.13 Å². The maximum atomic E-state index is 12.7. The number of amides is 2. The predicted octanol–water partition coefficient (Wildman–Crippen LogP) is 6.28. The number of hydrogen-bond donors (Lipinski definition) is 2. The van der Waals surface area contributed by atoms with Gasteiger partial charge in [-0.15, -0.1) is 11.8 Å². The third-order valence-electron chi connectivity index (χ3n) is 4.94. The fraction of sp³-hybridized carbons (Fsp3) is 0.160. The number of fused-ring (bicyclic) bond motifs is 1. The number of carbonyl (C=O) groups is 2. The largest absolute Gasteiger partial charge is 0.322 e. The molecule has 1 unspecified atom stereocenters. The van der Waals surface area contributed by atoms with Crippen LogP contribution in [0.3, 0.4) is 0 Å². The second-order valence-electron chi connectivity index (χ2n) is 7.54. The van der Waals surface area contributed by atoms with E-state index in [1.165, 1.54) is 23.1 Å². The lowest BCUT2D eigenvalue weighted by Crippen LogP contribution is -2.22. The van der Waals surface area contributed by atoms with Gasteiger partial charge in [-0.3, -0.25) is 9.59 Å². The molecule has 0 saturated heterocycles. The first-order valence-corrected chi connectivity index (χ1v) is 11.9. The standard InChI is InChI=1S/C25H23N3O2S2/c1-15-11-12-21-22(13-15)32-25(27-21)28-23(29)17(3)31-19-9-6-8-18(14-19)26-24(30)20-10-5-4-7-16(20)2/h4-14,17H,1-3H3,(H,26,30)(H,27,28,29). The first-order chi connectivity index (χ1) is 15.4. The van der Waals surface area contributed by atoms with Gasteiger partial charge in [-0.1, -0.05) is 41.7 Å². The number of carbonyl (C=O) groups excluding carboxylic acids is 2. The maximum absolute atomic E-state index is 12.7. The molecular formula is C25H23N3O2S2. The SMILES string of the molecule is Cc1ccc2nc(NC(=O)C(C)Sc3cccc(NC(=O)c4ccccc4C)c3)sc2c1. The van der Waals surface area contributed by atoms with Gasteiger partial charge in [0.1, 0.15) is 0 Å². The Hall–Kier alpha value is -3.16. The molecule has 0 aliphatic heterocycles. The Balaban J connectivity index is 1.40. The molecule has 4 rings (SSSR count). The Labute approximate surface area is 195 Å². The Morgan fingerprint density at radius 3 is 2.59 bits per heavy atom. The first-order valence-electron chi connectivity index (χ1n) is 10.2. The predicted molar refractivity (Wildman–Crippen MR) is 134 cm³/mol. The van der Waals surface area contributed by atoms with Crippen LogP contribution in [0.4, 0.5) is 10.8 Å². The van der Waals surface area contributed by atoms with E-state index in [0.717, 1.165) is 26.2 Å². The minimum Gasteiger partial charge on any atom is -0.322 e. The highest BCUT2D eigenvalue weighted by Crippen LogP contribution is 2.29. The zero-order valence-corrected chi connectivity index (χ0v) is 19.6. The minimum atomic E-state index is -0.328. The van der Waals surface area contributed by atoms with Crippen molar-refractivity contribution in [2.45, 2.75) is 30.9 Å².